The lowest BCUT2D eigenvalue weighted by Gasteiger charge is -2.19. The van der Waals surface area contributed by atoms with Crippen molar-refractivity contribution < 1.29 is 15.3 Å². The Morgan fingerprint density at radius 2 is 1.80 bits per heavy atom. The van der Waals surface area contributed by atoms with E-state index in [4.69, 9.17) is 25.2 Å². The number of benzene rings is 1. The van der Waals surface area contributed by atoms with Gasteiger partial charge in [-0.1, -0.05) is 39.0 Å². The summed E-state index contributed by atoms with van der Waals surface area (Å²) < 4.78 is 1.20. The van der Waals surface area contributed by atoms with Gasteiger partial charge in [0.05, 0.1) is 21.8 Å². The highest BCUT2D eigenvalue weighted by Crippen LogP contribution is 2.31. The molecule has 0 unspecified atom stereocenters. The lowest BCUT2D eigenvalue weighted by Crippen LogP contribution is -2.20. The molecule has 0 bridgehead atoms. The molecule has 3 heterocycles. The van der Waals surface area contributed by atoms with Crippen LogP contribution in [0.15, 0.2) is 41.8 Å². The second-order valence-electron chi connectivity index (χ2n) is 9.92. The molecule has 218 valence electrons. The lowest BCUT2D eigenvalue weighted by molar-refractivity contribution is -0.145. The minimum Gasteiger partial charge on any atom is -0.396 e. The average molecular weight is 586 g/mol. The number of nitrogens with one attached hydrogen (secondary N) is 2. The minimum atomic E-state index is -1.46. The maximum Gasteiger partial charge on any atom is 0.225 e. The first-order valence-corrected chi connectivity index (χ1v) is 15.7. The first-order valence-electron chi connectivity index (χ1n) is 14.0. The summed E-state index contributed by atoms with van der Waals surface area (Å²) in [6.45, 7) is 10.1. The molecule has 4 aromatic rings. The van der Waals surface area contributed by atoms with Crippen LogP contribution in [0.25, 0.3) is 10.2 Å². The van der Waals surface area contributed by atoms with E-state index in [1.54, 1.807) is 29.6 Å². The molecule has 1 saturated carbocycles. The van der Waals surface area contributed by atoms with Crippen LogP contribution in [0.5, 0.6) is 0 Å². The van der Waals surface area contributed by atoms with Gasteiger partial charge in [-0.25, -0.2) is 9.97 Å². The number of fused-ring (bicyclic) bond motifs is 1. The van der Waals surface area contributed by atoms with Crippen molar-refractivity contribution in [3.8, 4) is 0 Å². The van der Waals surface area contributed by atoms with Gasteiger partial charge in [0.2, 0.25) is 5.95 Å². The molecule has 5 rings (SSSR count). The Balaban J connectivity index is 0.000000491. The van der Waals surface area contributed by atoms with Gasteiger partial charge < -0.3 is 26.0 Å². The van der Waals surface area contributed by atoms with Gasteiger partial charge >= 0.3 is 0 Å². The molecule has 0 aliphatic heterocycles. The summed E-state index contributed by atoms with van der Waals surface area (Å²) in [6, 6.07) is 12.7. The van der Waals surface area contributed by atoms with Crippen LogP contribution in [0.4, 0.5) is 11.8 Å². The number of nitrogens with zero attached hydrogens (tertiary/aromatic N) is 3. The van der Waals surface area contributed by atoms with Crippen LogP contribution in [0.3, 0.4) is 0 Å². The average Bonchev–Trinajstić information content (AvgIpc) is 3.71. The Labute approximate surface area is 245 Å². The predicted molar refractivity (Wildman–Crippen MR) is 167 cm³/mol. The number of rotatable bonds is 9. The normalized spacial score (nSPS) is 16.6. The Kier molecular flexibility index (Phi) is 12.3. The molecule has 3 aromatic heterocycles. The lowest BCUT2D eigenvalue weighted by atomic mass is 10.1. The fourth-order valence-electron chi connectivity index (χ4n) is 4.30. The summed E-state index contributed by atoms with van der Waals surface area (Å²) in [5, 5.41) is 36.5. The second kappa shape index (κ2) is 15.4. The maximum atomic E-state index is 9.55. The number of aliphatic hydroxyl groups is 3. The first kappa shape index (κ1) is 31.9. The summed E-state index contributed by atoms with van der Waals surface area (Å²) in [7, 11) is 0. The third-order valence-corrected chi connectivity index (χ3v) is 8.60. The molecule has 0 saturated heterocycles. The van der Waals surface area contributed by atoms with Crippen molar-refractivity contribution in [3.05, 3.63) is 62.9 Å². The van der Waals surface area contributed by atoms with Crippen molar-refractivity contribution in [2.45, 2.75) is 85.1 Å². The van der Waals surface area contributed by atoms with E-state index in [-0.39, 0.29) is 6.61 Å². The number of aliphatic hydroxyl groups excluding tert-OH is 1. The number of thiophene rings is 1. The van der Waals surface area contributed by atoms with Crippen molar-refractivity contribution in [3.63, 3.8) is 0 Å². The van der Waals surface area contributed by atoms with E-state index in [1.165, 1.54) is 16.5 Å². The van der Waals surface area contributed by atoms with Gasteiger partial charge in [0, 0.05) is 35.2 Å². The largest absolute Gasteiger partial charge is 0.396 e. The summed E-state index contributed by atoms with van der Waals surface area (Å²) in [4.78, 5) is 15.7. The summed E-state index contributed by atoms with van der Waals surface area (Å²) in [5.74, 6) is 0.441. The Bertz CT molecular complexity index is 1270. The van der Waals surface area contributed by atoms with Crippen molar-refractivity contribution in [2.75, 3.05) is 17.2 Å². The molecule has 40 heavy (non-hydrogen) atoms. The van der Waals surface area contributed by atoms with E-state index in [2.05, 4.69) is 53.3 Å². The van der Waals surface area contributed by atoms with E-state index in [1.807, 2.05) is 19.9 Å². The minimum absolute atomic E-state index is 0.257. The third-order valence-electron chi connectivity index (χ3n) is 6.69. The van der Waals surface area contributed by atoms with Crippen molar-refractivity contribution in [2.24, 2.45) is 5.92 Å². The van der Waals surface area contributed by atoms with Crippen molar-refractivity contribution in [1.82, 2.24) is 15.0 Å². The summed E-state index contributed by atoms with van der Waals surface area (Å²) in [6.07, 6.45) is 4.15. The fraction of sp³-hybridized carbons (Fsp3) is 0.500. The number of hydrogen-bond acceptors (Lipinski definition) is 10. The second-order valence-corrected chi connectivity index (χ2v) is 12.1. The van der Waals surface area contributed by atoms with Gasteiger partial charge in [0.15, 0.2) is 5.79 Å². The summed E-state index contributed by atoms with van der Waals surface area (Å²) >= 11 is 3.45. The Morgan fingerprint density at radius 3 is 2.42 bits per heavy atom. The number of hydrogen-bond donors (Lipinski definition) is 5. The van der Waals surface area contributed by atoms with E-state index in [9.17, 15) is 5.11 Å². The number of anilines is 2. The number of thiazole rings is 1. The van der Waals surface area contributed by atoms with Crippen LogP contribution in [0, 0.1) is 12.8 Å². The van der Waals surface area contributed by atoms with Crippen LogP contribution in [0.1, 0.15) is 74.5 Å². The van der Waals surface area contributed by atoms with Crippen LogP contribution in [-0.2, 0) is 13.0 Å². The molecule has 1 aliphatic carbocycles. The molecule has 10 heteroatoms. The highest BCUT2D eigenvalue weighted by atomic mass is 32.1. The Hall–Kier alpha value is -2.63. The maximum absolute atomic E-state index is 9.55. The third kappa shape index (κ3) is 9.49. The zero-order chi connectivity index (χ0) is 29.1. The molecule has 1 fully saturated rings. The van der Waals surface area contributed by atoms with Gasteiger partial charge in [-0.15, -0.1) is 22.7 Å². The number of aryl methyl sites for hydroxylation is 1. The van der Waals surface area contributed by atoms with Gasteiger partial charge in [-0.2, -0.15) is 4.98 Å². The van der Waals surface area contributed by atoms with Gasteiger partial charge in [0.1, 0.15) is 5.82 Å². The van der Waals surface area contributed by atoms with E-state index in [0.717, 1.165) is 46.9 Å². The zero-order valence-electron chi connectivity index (χ0n) is 24.1. The highest BCUT2D eigenvalue weighted by molar-refractivity contribution is 7.18. The predicted octanol–water partition coefficient (Wildman–Crippen LogP) is 6.36. The molecule has 5 N–H and O–H groups in total. The quantitative estimate of drug-likeness (QED) is 0.144. The molecule has 0 amide bonds. The highest BCUT2D eigenvalue weighted by Gasteiger charge is 2.26. The van der Waals surface area contributed by atoms with Gasteiger partial charge in [0.25, 0.3) is 0 Å². The fourth-order valence-corrected chi connectivity index (χ4v) is 5.92. The number of aromatic nitrogens is 3. The number of para-hydroxylation sites is 1. The zero-order valence-corrected chi connectivity index (χ0v) is 25.8. The molecule has 2 atom stereocenters. The SMILES string of the molecule is CC.CCC(C)(O)O.Cc1nc(NCc2cccs2)nc(N[C@H]2CC[C@@H](CO)C2)c1Cc1nc2ccccc2s1. The van der Waals surface area contributed by atoms with Crippen LogP contribution >= 0.6 is 22.7 Å². The summed E-state index contributed by atoms with van der Waals surface area (Å²) in [5.41, 5.74) is 3.10. The topological polar surface area (TPSA) is 123 Å². The van der Waals surface area contributed by atoms with E-state index >= 15 is 0 Å². The molecule has 1 aromatic carbocycles. The first-order chi connectivity index (χ1) is 19.2. The molecule has 0 spiro atoms. The monoisotopic (exact) mass is 585 g/mol. The van der Waals surface area contributed by atoms with Crippen molar-refractivity contribution >= 4 is 44.7 Å². The van der Waals surface area contributed by atoms with Crippen molar-refractivity contribution in [1.29, 1.82) is 0 Å². The van der Waals surface area contributed by atoms with Crippen LogP contribution in [0.2, 0.25) is 0 Å². The Morgan fingerprint density at radius 1 is 1.05 bits per heavy atom. The van der Waals surface area contributed by atoms with E-state index < -0.39 is 5.79 Å². The molecular formula is C30H43N5O3S2. The standard InChI is InChI=1S/C24H27N5OS2.C4H10O2.C2H6/c1-15-19(12-22-28-20-6-2-3-7-21(20)32-22)23(27-17-9-8-16(11-17)14-30)29-24(26-15)25-13-18-5-4-10-31-18;1-3-4(2,5)6;1-2/h2-7,10,16-17,30H,8-9,11-14H2,1H3,(H2,25,26,27,29);5-6H,3H2,1-2H3;1-2H3/t16-,17+;;/m1../s1. The van der Waals surface area contributed by atoms with Crippen LogP contribution in [-0.4, -0.2) is 48.7 Å². The van der Waals surface area contributed by atoms with Gasteiger partial charge in [-0.3, -0.25) is 0 Å². The molecule has 0 radical (unpaired) electrons. The van der Waals surface area contributed by atoms with Crippen LogP contribution < -0.4 is 10.6 Å². The molecule has 1 aliphatic rings. The van der Waals surface area contributed by atoms with E-state index in [0.29, 0.717) is 37.3 Å². The molecular weight excluding hydrogens is 542 g/mol. The van der Waals surface area contributed by atoms with Gasteiger partial charge in [-0.05, 0) is 69.0 Å². The molecule has 8 nitrogen and oxygen atoms in total. The smallest absolute Gasteiger partial charge is 0.225 e.